The number of anilines is 1. The number of hydrogen-bond acceptors (Lipinski definition) is 2. The summed E-state index contributed by atoms with van der Waals surface area (Å²) in [6, 6.07) is 4.47. The van der Waals surface area contributed by atoms with Crippen molar-refractivity contribution < 1.29 is 0 Å². The lowest BCUT2D eigenvalue weighted by molar-refractivity contribution is 0.591. The second-order valence-corrected chi connectivity index (χ2v) is 3.81. The zero-order chi connectivity index (χ0) is 10.6. The summed E-state index contributed by atoms with van der Waals surface area (Å²) in [5.74, 6) is 0. The molecular formula is C11H17ClN2. The largest absolute Gasteiger partial charge is 0.372 e. The van der Waals surface area contributed by atoms with Crippen LogP contribution in [0.15, 0.2) is 18.3 Å². The highest BCUT2D eigenvalue weighted by molar-refractivity contribution is 6.29. The average Bonchev–Trinajstić information content (AvgIpc) is 2.19. The zero-order valence-corrected chi connectivity index (χ0v) is 9.75. The van der Waals surface area contributed by atoms with Gasteiger partial charge in [-0.1, -0.05) is 25.4 Å². The summed E-state index contributed by atoms with van der Waals surface area (Å²) in [6.07, 6.45) is 4.04. The third kappa shape index (κ3) is 2.61. The van der Waals surface area contributed by atoms with Gasteiger partial charge in [0.2, 0.25) is 0 Å². The fraction of sp³-hybridized carbons (Fsp3) is 0.545. The van der Waals surface area contributed by atoms with Crippen molar-refractivity contribution in [3.8, 4) is 0 Å². The number of hydrogen-bond donors (Lipinski definition) is 0. The fourth-order valence-corrected chi connectivity index (χ4v) is 1.83. The first-order chi connectivity index (χ1) is 6.69. The van der Waals surface area contributed by atoms with Crippen LogP contribution in [0, 0.1) is 0 Å². The van der Waals surface area contributed by atoms with E-state index in [1.165, 1.54) is 0 Å². The van der Waals surface area contributed by atoms with E-state index in [1.807, 2.05) is 12.1 Å². The Morgan fingerprint density at radius 1 is 1.43 bits per heavy atom. The van der Waals surface area contributed by atoms with Gasteiger partial charge in [0.05, 0.1) is 0 Å². The smallest absolute Gasteiger partial charge is 0.131 e. The number of aromatic nitrogens is 1. The van der Waals surface area contributed by atoms with Crippen LogP contribution in [-0.2, 0) is 0 Å². The third-order valence-corrected chi connectivity index (χ3v) is 2.81. The van der Waals surface area contributed by atoms with Crippen molar-refractivity contribution in [3.63, 3.8) is 0 Å². The van der Waals surface area contributed by atoms with Crippen molar-refractivity contribution in [1.82, 2.24) is 4.98 Å². The Balaban J connectivity index is 2.82. The Morgan fingerprint density at radius 3 is 2.57 bits per heavy atom. The molecule has 3 heteroatoms. The summed E-state index contributed by atoms with van der Waals surface area (Å²) in [5, 5.41) is 0.556. The molecule has 0 bridgehead atoms. The molecule has 0 aromatic carbocycles. The maximum Gasteiger partial charge on any atom is 0.131 e. The van der Waals surface area contributed by atoms with E-state index in [4.69, 9.17) is 11.6 Å². The normalized spacial score (nSPS) is 10.6. The first kappa shape index (κ1) is 11.3. The lowest BCUT2D eigenvalue weighted by Crippen LogP contribution is -2.30. The van der Waals surface area contributed by atoms with Gasteiger partial charge < -0.3 is 4.90 Å². The molecular weight excluding hydrogens is 196 g/mol. The topological polar surface area (TPSA) is 16.1 Å². The second-order valence-electron chi connectivity index (χ2n) is 3.42. The maximum atomic E-state index is 5.84. The van der Waals surface area contributed by atoms with Crippen LogP contribution >= 0.6 is 11.6 Å². The lowest BCUT2D eigenvalue weighted by Gasteiger charge is -2.28. The van der Waals surface area contributed by atoms with Crippen molar-refractivity contribution in [2.75, 3.05) is 11.9 Å². The maximum absolute atomic E-state index is 5.84. The molecule has 0 aliphatic rings. The van der Waals surface area contributed by atoms with Gasteiger partial charge in [-0.15, -0.1) is 0 Å². The van der Waals surface area contributed by atoms with Gasteiger partial charge in [-0.25, -0.2) is 4.98 Å². The standard InChI is InChI=1S/C11H17ClN2/c1-4-9(5-2)14(3)10-6-7-13-11(12)8-10/h6-9H,4-5H2,1-3H3. The van der Waals surface area contributed by atoms with Crippen molar-refractivity contribution in [2.24, 2.45) is 0 Å². The molecule has 0 amide bonds. The molecule has 0 N–H and O–H groups in total. The molecule has 0 aliphatic carbocycles. The molecule has 0 atom stereocenters. The van der Waals surface area contributed by atoms with Gasteiger partial charge in [0.25, 0.3) is 0 Å². The number of pyridine rings is 1. The van der Waals surface area contributed by atoms with Gasteiger partial charge >= 0.3 is 0 Å². The van der Waals surface area contributed by atoms with E-state index in [-0.39, 0.29) is 0 Å². The van der Waals surface area contributed by atoms with Crippen molar-refractivity contribution >= 4 is 17.3 Å². The van der Waals surface area contributed by atoms with Gasteiger partial charge in [0, 0.05) is 25.0 Å². The van der Waals surface area contributed by atoms with Crippen LogP contribution in [-0.4, -0.2) is 18.1 Å². The number of nitrogens with zero attached hydrogens (tertiary/aromatic N) is 2. The van der Waals surface area contributed by atoms with Gasteiger partial charge in [-0.2, -0.15) is 0 Å². The fourth-order valence-electron chi connectivity index (χ4n) is 1.66. The summed E-state index contributed by atoms with van der Waals surface area (Å²) in [4.78, 5) is 6.23. The number of rotatable bonds is 4. The molecule has 78 valence electrons. The monoisotopic (exact) mass is 212 g/mol. The summed E-state index contributed by atoms with van der Waals surface area (Å²) in [7, 11) is 2.10. The summed E-state index contributed by atoms with van der Waals surface area (Å²) >= 11 is 5.84. The van der Waals surface area contributed by atoms with Crippen molar-refractivity contribution in [1.29, 1.82) is 0 Å². The van der Waals surface area contributed by atoms with Crippen LogP contribution in [0.3, 0.4) is 0 Å². The minimum atomic E-state index is 0.556. The molecule has 14 heavy (non-hydrogen) atoms. The summed E-state index contributed by atoms with van der Waals surface area (Å²) in [6.45, 7) is 4.40. The molecule has 0 saturated carbocycles. The Hall–Kier alpha value is -0.760. The van der Waals surface area contributed by atoms with Gasteiger partial charge in [0.1, 0.15) is 5.15 Å². The second kappa shape index (κ2) is 5.20. The molecule has 1 aromatic heterocycles. The van der Waals surface area contributed by atoms with E-state index in [0.29, 0.717) is 11.2 Å². The van der Waals surface area contributed by atoms with Crippen LogP contribution in [0.4, 0.5) is 5.69 Å². The predicted octanol–water partition coefficient (Wildman–Crippen LogP) is 3.36. The van der Waals surface area contributed by atoms with E-state index in [2.05, 4.69) is 30.8 Å². The van der Waals surface area contributed by atoms with Gasteiger partial charge in [-0.3, -0.25) is 0 Å². The highest BCUT2D eigenvalue weighted by atomic mass is 35.5. The molecule has 0 aliphatic heterocycles. The Morgan fingerprint density at radius 2 is 2.07 bits per heavy atom. The first-order valence-electron chi connectivity index (χ1n) is 5.03. The van der Waals surface area contributed by atoms with Crippen LogP contribution in [0.25, 0.3) is 0 Å². The molecule has 1 rings (SSSR count). The van der Waals surface area contributed by atoms with E-state index < -0.39 is 0 Å². The van der Waals surface area contributed by atoms with Gasteiger partial charge in [-0.05, 0) is 25.0 Å². The Bertz CT molecular complexity index is 284. The quantitative estimate of drug-likeness (QED) is 0.712. The van der Waals surface area contributed by atoms with E-state index in [1.54, 1.807) is 6.20 Å². The summed E-state index contributed by atoms with van der Waals surface area (Å²) < 4.78 is 0. The van der Waals surface area contributed by atoms with E-state index in [9.17, 15) is 0 Å². The van der Waals surface area contributed by atoms with Crippen LogP contribution in [0.1, 0.15) is 26.7 Å². The third-order valence-electron chi connectivity index (χ3n) is 2.61. The highest BCUT2D eigenvalue weighted by Gasteiger charge is 2.10. The molecule has 0 saturated heterocycles. The summed E-state index contributed by atoms with van der Waals surface area (Å²) in [5.41, 5.74) is 1.14. The van der Waals surface area contributed by atoms with Crippen molar-refractivity contribution in [2.45, 2.75) is 32.7 Å². The minimum Gasteiger partial charge on any atom is -0.372 e. The van der Waals surface area contributed by atoms with Crippen molar-refractivity contribution in [3.05, 3.63) is 23.5 Å². The predicted molar refractivity (Wildman–Crippen MR) is 62.0 cm³/mol. The molecule has 0 fully saturated rings. The minimum absolute atomic E-state index is 0.556. The lowest BCUT2D eigenvalue weighted by atomic mass is 10.1. The molecule has 1 heterocycles. The molecule has 0 spiro atoms. The molecule has 0 radical (unpaired) electrons. The van der Waals surface area contributed by atoms with Gasteiger partial charge in [0.15, 0.2) is 0 Å². The zero-order valence-electron chi connectivity index (χ0n) is 9.00. The SMILES string of the molecule is CCC(CC)N(C)c1ccnc(Cl)c1. The van der Waals surface area contributed by atoms with Crippen LogP contribution in [0.5, 0.6) is 0 Å². The van der Waals surface area contributed by atoms with E-state index in [0.717, 1.165) is 18.5 Å². The average molecular weight is 213 g/mol. The van der Waals surface area contributed by atoms with Crippen LogP contribution in [0.2, 0.25) is 5.15 Å². The Labute approximate surface area is 90.9 Å². The molecule has 1 aromatic rings. The molecule has 2 nitrogen and oxygen atoms in total. The first-order valence-corrected chi connectivity index (χ1v) is 5.41. The number of halogens is 1. The molecule has 0 unspecified atom stereocenters. The Kier molecular flexibility index (Phi) is 4.21. The van der Waals surface area contributed by atoms with Crippen LogP contribution < -0.4 is 4.90 Å². The van der Waals surface area contributed by atoms with E-state index >= 15 is 0 Å². The highest BCUT2D eigenvalue weighted by Crippen LogP contribution is 2.20.